The Morgan fingerprint density at radius 1 is 0.938 bits per heavy atom. The average molecular weight is 430 g/mol. The molecule has 0 N–H and O–H groups in total. The first-order valence-corrected chi connectivity index (χ1v) is 11.1. The molecule has 0 saturated heterocycles. The normalized spacial score (nSPS) is 15.8. The number of imidazole rings is 1. The van der Waals surface area contributed by atoms with E-state index in [2.05, 4.69) is 24.0 Å². The maximum absolute atomic E-state index is 13.5. The van der Waals surface area contributed by atoms with Gasteiger partial charge in [-0.15, -0.1) is 0 Å². The summed E-state index contributed by atoms with van der Waals surface area (Å²) in [4.78, 5) is 33.5. The molecule has 4 aromatic rings. The molecule has 164 valence electrons. The molecular formula is C25H27N5O2. The zero-order valence-corrected chi connectivity index (χ0v) is 18.4. The van der Waals surface area contributed by atoms with Crippen LogP contribution in [0.5, 0.6) is 0 Å². The van der Waals surface area contributed by atoms with Crippen LogP contribution in [-0.2, 0) is 33.1 Å². The van der Waals surface area contributed by atoms with Crippen molar-refractivity contribution in [1.29, 1.82) is 0 Å². The Morgan fingerprint density at radius 3 is 2.28 bits per heavy atom. The number of fused-ring (bicyclic) bond motifs is 3. The first-order chi connectivity index (χ1) is 15.5. The van der Waals surface area contributed by atoms with Crippen molar-refractivity contribution in [3.63, 3.8) is 0 Å². The van der Waals surface area contributed by atoms with Gasteiger partial charge in [0, 0.05) is 33.2 Å². The zero-order valence-electron chi connectivity index (χ0n) is 18.4. The van der Waals surface area contributed by atoms with Crippen molar-refractivity contribution in [1.82, 2.24) is 18.7 Å². The van der Waals surface area contributed by atoms with Gasteiger partial charge in [-0.1, -0.05) is 67.6 Å². The van der Waals surface area contributed by atoms with Gasteiger partial charge in [-0.05, 0) is 23.5 Å². The molecular weight excluding hydrogens is 402 g/mol. The SMILES string of the molecule is C[C@H]1CN(Cc2ccccc2)c2nc3c(c(=O)n(CCc4ccccc4)c(=O)n3C)n2C1. The van der Waals surface area contributed by atoms with Gasteiger partial charge in [0.2, 0.25) is 5.95 Å². The number of aryl methyl sites for hydroxylation is 2. The van der Waals surface area contributed by atoms with E-state index in [1.807, 2.05) is 53.1 Å². The van der Waals surface area contributed by atoms with Crippen LogP contribution in [0.1, 0.15) is 18.1 Å². The minimum absolute atomic E-state index is 0.258. The summed E-state index contributed by atoms with van der Waals surface area (Å²) in [6.45, 7) is 4.81. The second-order valence-electron chi connectivity index (χ2n) is 8.70. The van der Waals surface area contributed by atoms with Gasteiger partial charge in [-0.2, -0.15) is 4.98 Å². The second kappa shape index (κ2) is 8.15. The predicted molar refractivity (Wildman–Crippen MR) is 126 cm³/mol. The molecule has 0 unspecified atom stereocenters. The number of rotatable bonds is 5. The van der Waals surface area contributed by atoms with Gasteiger partial charge in [0.25, 0.3) is 5.56 Å². The zero-order chi connectivity index (χ0) is 22.2. The number of hydrogen-bond donors (Lipinski definition) is 0. The summed E-state index contributed by atoms with van der Waals surface area (Å²) >= 11 is 0. The highest BCUT2D eigenvalue weighted by molar-refractivity contribution is 5.75. The Bertz CT molecular complexity index is 1370. The van der Waals surface area contributed by atoms with Gasteiger partial charge in [0.15, 0.2) is 11.2 Å². The average Bonchev–Trinajstić information content (AvgIpc) is 3.19. The maximum Gasteiger partial charge on any atom is 0.332 e. The van der Waals surface area contributed by atoms with Gasteiger partial charge in [-0.3, -0.25) is 13.9 Å². The van der Waals surface area contributed by atoms with Crippen LogP contribution < -0.4 is 16.1 Å². The summed E-state index contributed by atoms with van der Waals surface area (Å²) < 4.78 is 4.87. The molecule has 0 spiro atoms. The fraction of sp³-hybridized carbons (Fsp3) is 0.320. The molecule has 1 aliphatic heterocycles. The van der Waals surface area contributed by atoms with Gasteiger partial charge < -0.3 is 9.47 Å². The van der Waals surface area contributed by atoms with Gasteiger partial charge in [0.05, 0.1) is 0 Å². The van der Waals surface area contributed by atoms with E-state index in [0.717, 1.165) is 18.1 Å². The molecule has 0 fully saturated rings. The molecule has 2 aromatic heterocycles. The van der Waals surface area contributed by atoms with Crippen LogP contribution in [0.4, 0.5) is 5.95 Å². The molecule has 0 bridgehead atoms. The van der Waals surface area contributed by atoms with Crippen LogP contribution in [0.3, 0.4) is 0 Å². The van der Waals surface area contributed by atoms with Crippen LogP contribution >= 0.6 is 0 Å². The van der Waals surface area contributed by atoms with Crippen molar-refractivity contribution < 1.29 is 0 Å². The molecule has 32 heavy (non-hydrogen) atoms. The third-order valence-corrected chi connectivity index (χ3v) is 6.20. The Morgan fingerprint density at radius 2 is 1.59 bits per heavy atom. The van der Waals surface area contributed by atoms with Crippen LogP contribution in [0, 0.1) is 5.92 Å². The lowest BCUT2D eigenvalue weighted by Gasteiger charge is -2.33. The van der Waals surface area contributed by atoms with E-state index in [9.17, 15) is 9.59 Å². The lowest BCUT2D eigenvalue weighted by molar-refractivity contribution is 0.435. The van der Waals surface area contributed by atoms with Gasteiger partial charge in [-0.25, -0.2) is 4.79 Å². The minimum Gasteiger partial charge on any atom is -0.338 e. The molecule has 2 aromatic carbocycles. The van der Waals surface area contributed by atoms with Crippen molar-refractivity contribution >= 4 is 17.1 Å². The molecule has 0 saturated carbocycles. The van der Waals surface area contributed by atoms with Crippen molar-refractivity contribution in [2.45, 2.75) is 33.0 Å². The molecule has 0 radical (unpaired) electrons. The van der Waals surface area contributed by atoms with Crippen LogP contribution in [0.25, 0.3) is 11.2 Å². The van der Waals surface area contributed by atoms with E-state index in [0.29, 0.717) is 43.1 Å². The number of aromatic nitrogens is 4. The van der Waals surface area contributed by atoms with Crippen molar-refractivity contribution in [2.24, 2.45) is 13.0 Å². The fourth-order valence-corrected chi connectivity index (χ4v) is 4.62. The summed E-state index contributed by atoms with van der Waals surface area (Å²) in [6.07, 6.45) is 0.624. The van der Waals surface area contributed by atoms with E-state index in [1.54, 1.807) is 7.05 Å². The highest BCUT2D eigenvalue weighted by atomic mass is 16.2. The van der Waals surface area contributed by atoms with Crippen molar-refractivity contribution in [3.8, 4) is 0 Å². The third-order valence-electron chi connectivity index (χ3n) is 6.20. The smallest absolute Gasteiger partial charge is 0.332 e. The summed E-state index contributed by atoms with van der Waals surface area (Å²) in [6, 6.07) is 20.2. The summed E-state index contributed by atoms with van der Waals surface area (Å²) in [5.41, 5.74) is 2.68. The lowest BCUT2D eigenvalue weighted by Crippen LogP contribution is -2.41. The monoisotopic (exact) mass is 429 g/mol. The number of benzene rings is 2. The van der Waals surface area contributed by atoms with E-state index < -0.39 is 0 Å². The molecule has 7 heteroatoms. The van der Waals surface area contributed by atoms with Crippen molar-refractivity contribution in [2.75, 3.05) is 11.4 Å². The lowest BCUT2D eigenvalue weighted by atomic mass is 10.1. The number of anilines is 1. The quantitative estimate of drug-likeness (QED) is 0.489. The molecule has 1 atom stereocenters. The van der Waals surface area contributed by atoms with E-state index >= 15 is 0 Å². The summed E-state index contributed by atoms with van der Waals surface area (Å²) in [5.74, 6) is 1.12. The first kappa shape index (κ1) is 20.3. The highest BCUT2D eigenvalue weighted by Gasteiger charge is 2.29. The van der Waals surface area contributed by atoms with Crippen LogP contribution in [0.15, 0.2) is 70.3 Å². The van der Waals surface area contributed by atoms with Crippen molar-refractivity contribution in [3.05, 3.63) is 92.6 Å². The molecule has 3 heterocycles. The van der Waals surface area contributed by atoms with E-state index in [-0.39, 0.29) is 11.2 Å². The predicted octanol–water partition coefficient (Wildman–Crippen LogP) is 2.80. The Kier molecular flexibility index (Phi) is 5.17. The summed E-state index contributed by atoms with van der Waals surface area (Å²) in [5, 5.41) is 0. The molecule has 0 amide bonds. The first-order valence-electron chi connectivity index (χ1n) is 11.1. The minimum atomic E-state index is -0.323. The van der Waals surface area contributed by atoms with Gasteiger partial charge in [0.1, 0.15) is 0 Å². The molecule has 1 aliphatic rings. The number of hydrogen-bond acceptors (Lipinski definition) is 4. The van der Waals surface area contributed by atoms with E-state index in [4.69, 9.17) is 4.98 Å². The fourth-order valence-electron chi connectivity index (χ4n) is 4.62. The number of nitrogens with zero attached hydrogens (tertiary/aromatic N) is 5. The van der Waals surface area contributed by atoms with E-state index in [1.165, 1.54) is 14.7 Å². The second-order valence-corrected chi connectivity index (χ2v) is 8.70. The molecule has 7 nitrogen and oxygen atoms in total. The Labute approximate surface area is 186 Å². The third kappa shape index (κ3) is 3.53. The topological polar surface area (TPSA) is 65.1 Å². The summed E-state index contributed by atoms with van der Waals surface area (Å²) in [7, 11) is 1.70. The Hall–Kier alpha value is -3.61. The maximum atomic E-state index is 13.5. The standard InChI is InChI=1S/C25H27N5O2/c1-18-15-28(17-20-11-7-4-8-12-20)24-26-22-21(30(24)16-18)23(31)29(25(32)27(22)2)14-13-19-9-5-3-6-10-19/h3-12,18H,13-17H2,1-2H3/t18-/m0/s1. The van der Waals surface area contributed by atoms with Crippen LogP contribution in [-0.4, -0.2) is 25.2 Å². The Balaban J connectivity index is 1.59. The highest BCUT2D eigenvalue weighted by Crippen LogP contribution is 2.28. The molecule has 5 rings (SSSR count). The molecule has 0 aliphatic carbocycles. The largest absolute Gasteiger partial charge is 0.338 e. The van der Waals surface area contributed by atoms with Gasteiger partial charge >= 0.3 is 5.69 Å². The van der Waals surface area contributed by atoms with Crippen LogP contribution in [0.2, 0.25) is 0 Å².